The number of nitrogens with two attached hydrogens (primary N) is 1. The van der Waals surface area contributed by atoms with Gasteiger partial charge in [-0.1, -0.05) is 29.5 Å². The lowest BCUT2D eigenvalue weighted by molar-refractivity contribution is -0.142. The first-order valence-corrected chi connectivity index (χ1v) is 10.8. The minimum Gasteiger partial charge on any atom is -0.384 e. The Kier molecular flexibility index (Phi) is 5.49. The highest BCUT2D eigenvalue weighted by atomic mass is 19.4. The quantitative estimate of drug-likeness (QED) is 0.425. The van der Waals surface area contributed by atoms with E-state index in [4.69, 9.17) is 5.73 Å². The minimum absolute atomic E-state index is 0.0420. The molecule has 1 aliphatic heterocycles. The van der Waals surface area contributed by atoms with Crippen molar-refractivity contribution < 1.29 is 13.2 Å². The van der Waals surface area contributed by atoms with E-state index < -0.39 is 11.9 Å². The number of alkyl halides is 3. The molecule has 0 amide bonds. The molecule has 0 atom stereocenters. The summed E-state index contributed by atoms with van der Waals surface area (Å²) in [6.45, 7) is 2.20. The number of hydrogen-bond donors (Lipinski definition) is 3. The van der Waals surface area contributed by atoms with E-state index in [2.05, 4.69) is 42.9 Å². The molecule has 5 rings (SSSR count). The first-order valence-electron chi connectivity index (χ1n) is 10.8. The van der Waals surface area contributed by atoms with Crippen molar-refractivity contribution in [3.63, 3.8) is 0 Å². The van der Waals surface area contributed by atoms with Gasteiger partial charge in [0.1, 0.15) is 11.3 Å². The second kappa shape index (κ2) is 8.47. The minimum atomic E-state index is -4.58. The number of nitrogens with zero attached hydrogens (tertiary/aromatic N) is 5. The first kappa shape index (κ1) is 21.4. The zero-order chi connectivity index (χ0) is 23.0. The standard InChI is InChI=1S/C22H23F3N8/c23-22(24,25)20-17(9-16-10-18(26)28-21-19(16)29-32-30-21)12-33(31-20)11-13-2-1-3-15(8-13)14-4-6-27-7-5-14/h1-3,8,10,12,14,27H,4-7,9,11H2,(H3,26,28,29,30,32). The van der Waals surface area contributed by atoms with E-state index >= 15 is 0 Å². The molecular formula is C22H23F3N8. The van der Waals surface area contributed by atoms with E-state index in [1.165, 1.54) is 22.5 Å². The zero-order valence-corrected chi connectivity index (χ0v) is 17.7. The Morgan fingerprint density at radius 3 is 2.73 bits per heavy atom. The van der Waals surface area contributed by atoms with E-state index in [1.54, 1.807) is 0 Å². The smallest absolute Gasteiger partial charge is 0.384 e. The molecule has 33 heavy (non-hydrogen) atoms. The van der Waals surface area contributed by atoms with Crippen LogP contribution in [0.3, 0.4) is 0 Å². The van der Waals surface area contributed by atoms with Crippen LogP contribution < -0.4 is 11.1 Å². The molecule has 0 unspecified atom stereocenters. The van der Waals surface area contributed by atoms with Gasteiger partial charge in [-0.3, -0.25) is 4.68 Å². The molecule has 0 radical (unpaired) electrons. The fourth-order valence-electron chi connectivity index (χ4n) is 4.46. The van der Waals surface area contributed by atoms with Crippen LogP contribution >= 0.6 is 0 Å². The summed E-state index contributed by atoms with van der Waals surface area (Å²) in [6.07, 6.45) is -1.07. The zero-order valence-electron chi connectivity index (χ0n) is 17.7. The van der Waals surface area contributed by atoms with Crippen LogP contribution in [-0.4, -0.2) is 43.3 Å². The molecule has 11 heteroatoms. The van der Waals surface area contributed by atoms with Gasteiger partial charge in [-0.15, -0.1) is 5.10 Å². The number of piperidine rings is 1. The molecule has 4 N–H and O–H groups in total. The number of aromatic amines is 1. The average molecular weight is 456 g/mol. The van der Waals surface area contributed by atoms with Crippen molar-refractivity contribution in [3.8, 4) is 0 Å². The SMILES string of the molecule is Nc1cc(Cc2cn(Cc3cccc(C4CCNCC4)c3)nc2C(F)(F)F)c2nn[nH]c2n1. The highest BCUT2D eigenvalue weighted by Gasteiger charge is 2.37. The Hall–Kier alpha value is -3.47. The number of nitrogens with one attached hydrogen (secondary N) is 2. The summed E-state index contributed by atoms with van der Waals surface area (Å²) >= 11 is 0. The monoisotopic (exact) mass is 456 g/mol. The molecule has 1 aliphatic rings. The lowest BCUT2D eigenvalue weighted by Crippen LogP contribution is -2.26. The number of rotatable bonds is 5. The number of pyridine rings is 1. The van der Waals surface area contributed by atoms with Crippen LogP contribution in [0, 0.1) is 0 Å². The number of aromatic nitrogens is 6. The molecule has 4 heterocycles. The molecule has 0 aliphatic carbocycles. The number of benzene rings is 1. The Labute approximate surface area is 187 Å². The lowest BCUT2D eigenvalue weighted by atomic mass is 9.89. The largest absolute Gasteiger partial charge is 0.435 e. The third-order valence-electron chi connectivity index (χ3n) is 5.99. The predicted octanol–water partition coefficient (Wildman–Crippen LogP) is 3.26. The van der Waals surface area contributed by atoms with Gasteiger partial charge in [-0.25, -0.2) is 10.1 Å². The summed E-state index contributed by atoms with van der Waals surface area (Å²) in [5, 5.41) is 17.5. The second-order valence-electron chi connectivity index (χ2n) is 8.36. The molecule has 4 aromatic rings. The van der Waals surface area contributed by atoms with Crippen molar-refractivity contribution in [3.05, 3.63) is 64.5 Å². The Morgan fingerprint density at radius 2 is 1.94 bits per heavy atom. The van der Waals surface area contributed by atoms with Crippen molar-refractivity contribution in [2.45, 2.75) is 37.9 Å². The number of halogens is 3. The van der Waals surface area contributed by atoms with Gasteiger partial charge >= 0.3 is 6.18 Å². The fraction of sp³-hybridized carbons (Fsp3) is 0.364. The Morgan fingerprint density at radius 1 is 1.12 bits per heavy atom. The average Bonchev–Trinajstić information content (AvgIpc) is 3.41. The van der Waals surface area contributed by atoms with Crippen LogP contribution in [0.5, 0.6) is 0 Å². The van der Waals surface area contributed by atoms with Crippen LogP contribution in [0.1, 0.15) is 46.7 Å². The normalized spacial score (nSPS) is 15.4. The summed E-state index contributed by atoms with van der Waals surface area (Å²) in [5.41, 5.74) is 8.31. The number of fused-ring (bicyclic) bond motifs is 1. The third-order valence-corrected chi connectivity index (χ3v) is 5.99. The van der Waals surface area contributed by atoms with Gasteiger partial charge in [0.05, 0.1) is 6.54 Å². The van der Waals surface area contributed by atoms with Crippen LogP contribution in [0.15, 0.2) is 36.5 Å². The Balaban J connectivity index is 1.45. The number of anilines is 1. The highest BCUT2D eigenvalue weighted by molar-refractivity contribution is 5.76. The predicted molar refractivity (Wildman–Crippen MR) is 117 cm³/mol. The second-order valence-corrected chi connectivity index (χ2v) is 8.36. The summed E-state index contributed by atoms with van der Waals surface area (Å²) in [5.74, 6) is 0.645. The number of hydrogen-bond acceptors (Lipinski definition) is 6. The van der Waals surface area contributed by atoms with E-state index in [0.717, 1.165) is 31.5 Å². The molecule has 172 valence electrons. The summed E-state index contributed by atoms with van der Waals surface area (Å²) in [6, 6.07) is 9.56. The summed E-state index contributed by atoms with van der Waals surface area (Å²) in [7, 11) is 0. The molecule has 0 spiro atoms. The van der Waals surface area contributed by atoms with Gasteiger partial charge in [0, 0.05) is 18.2 Å². The molecule has 1 saturated heterocycles. The molecule has 0 bridgehead atoms. The molecule has 8 nitrogen and oxygen atoms in total. The van der Waals surface area contributed by atoms with Gasteiger partial charge < -0.3 is 11.1 Å². The number of H-pyrrole nitrogens is 1. The maximum Gasteiger partial charge on any atom is 0.435 e. The Bertz CT molecular complexity index is 1270. The van der Waals surface area contributed by atoms with Gasteiger partial charge in [0.2, 0.25) is 0 Å². The first-order chi connectivity index (χ1) is 15.9. The van der Waals surface area contributed by atoms with Crippen LogP contribution in [0.4, 0.5) is 19.0 Å². The van der Waals surface area contributed by atoms with Crippen LogP contribution in [0.25, 0.3) is 11.2 Å². The lowest BCUT2D eigenvalue weighted by Gasteiger charge is -2.23. The fourth-order valence-corrected chi connectivity index (χ4v) is 4.46. The van der Waals surface area contributed by atoms with Gasteiger partial charge in [0.15, 0.2) is 11.3 Å². The number of nitrogen functional groups attached to an aromatic ring is 1. The van der Waals surface area contributed by atoms with E-state index in [9.17, 15) is 13.2 Å². The molecular weight excluding hydrogens is 433 g/mol. The van der Waals surface area contributed by atoms with Crippen LogP contribution in [0.2, 0.25) is 0 Å². The molecule has 1 fully saturated rings. The molecule has 1 aromatic carbocycles. The van der Waals surface area contributed by atoms with Crippen molar-refractivity contribution in [2.24, 2.45) is 0 Å². The molecule has 0 saturated carbocycles. The van der Waals surface area contributed by atoms with Crippen molar-refractivity contribution >= 4 is 17.0 Å². The van der Waals surface area contributed by atoms with E-state index in [0.29, 0.717) is 22.6 Å². The van der Waals surface area contributed by atoms with Crippen molar-refractivity contribution in [1.82, 2.24) is 35.5 Å². The van der Waals surface area contributed by atoms with Crippen LogP contribution in [-0.2, 0) is 19.1 Å². The van der Waals surface area contributed by atoms with Crippen molar-refractivity contribution in [1.29, 1.82) is 0 Å². The van der Waals surface area contributed by atoms with E-state index in [-0.39, 0.29) is 24.3 Å². The van der Waals surface area contributed by atoms with Gasteiger partial charge in [0.25, 0.3) is 0 Å². The maximum absolute atomic E-state index is 13.8. The topological polar surface area (TPSA) is 110 Å². The summed E-state index contributed by atoms with van der Waals surface area (Å²) in [4.78, 5) is 4.07. The highest BCUT2D eigenvalue weighted by Crippen LogP contribution is 2.33. The van der Waals surface area contributed by atoms with E-state index in [1.807, 2.05) is 12.1 Å². The summed E-state index contributed by atoms with van der Waals surface area (Å²) < 4.78 is 42.7. The maximum atomic E-state index is 13.8. The van der Waals surface area contributed by atoms with Crippen molar-refractivity contribution in [2.75, 3.05) is 18.8 Å². The van der Waals surface area contributed by atoms with Gasteiger partial charge in [-0.2, -0.15) is 18.3 Å². The third kappa shape index (κ3) is 4.54. The molecule has 3 aromatic heterocycles. The van der Waals surface area contributed by atoms with Gasteiger partial charge in [-0.05, 0) is 54.6 Å².